The van der Waals surface area contributed by atoms with E-state index < -0.39 is 24.5 Å². The standard InChI is InChI=1S/C41H78N2O7/c1-3-5-7-9-10-11-12-13-14-15-16-17-18-19-20-21-22-23-24-29-33-40(47)50-36(30-26-8-6-4-2)31-27-25-28-32-38(45)42-34-39(46)43-37(35-44)41(48)49/h36-37,44H,3-35H2,1-2H3,(H,42,45)(H,43,46)(H,48,49). The molecule has 0 saturated carbocycles. The molecule has 0 spiro atoms. The first kappa shape index (κ1) is 47.8. The average Bonchev–Trinajstić information content (AvgIpc) is 3.10. The predicted molar refractivity (Wildman–Crippen MR) is 204 cm³/mol. The first-order chi connectivity index (χ1) is 24.3. The Labute approximate surface area is 306 Å². The highest BCUT2D eigenvalue weighted by molar-refractivity contribution is 5.87. The van der Waals surface area contributed by atoms with E-state index in [9.17, 15) is 19.2 Å². The number of nitrogens with one attached hydrogen (secondary N) is 2. The van der Waals surface area contributed by atoms with Crippen molar-refractivity contribution in [2.75, 3.05) is 13.2 Å². The molecule has 0 aliphatic rings. The number of esters is 1. The lowest BCUT2D eigenvalue weighted by molar-refractivity contribution is -0.150. The van der Waals surface area contributed by atoms with Crippen LogP contribution in [0.1, 0.15) is 213 Å². The van der Waals surface area contributed by atoms with E-state index >= 15 is 0 Å². The summed E-state index contributed by atoms with van der Waals surface area (Å²) >= 11 is 0. The first-order valence-corrected chi connectivity index (χ1v) is 20.9. The Balaban J connectivity index is 3.89. The van der Waals surface area contributed by atoms with Gasteiger partial charge in [0.25, 0.3) is 0 Å². The lowest BCUT2D eigenvalue weighted by atomic mass is 10.0. The van der Waals surface area contributed by atoms with Gasteiger partial charge in [0.05, 0.1) is 13.2 Å². The molecule has 0 fully saturated rings. The number of aliphatic hydroxyl groups excluding tert-OH is 1. The van der Waals surface area contributed by atoms with Gasteiger partial charge in [-0.1, -0.05) is 162 Å². The van der Waals surface area contributed by atoms with E-state index in [2.05, 4.69) is 24.5 Å². The quantitative estimate of drug-likeness (QED) is 0.0369. The molecule has 0 radical (unpaired) electrons. The molecule has 0 aliphatic heterocycles. The van der Waals surface area contributed by atoms with Crippen LogP contribution in [0, 0.1) is 0 Å². The van der Waals surface area contributed by atoms with E-state index in [0.29, 0.717) is 12.8 Å². The minimum atomic E-state index is -1.39. The van der Waals surface area contributed by atoms with Gasteiger partial charge in [-0.3, -0.25) is 14.4 Å². The van der Waals surface area contributed by atoms with Gasteiger partial charge in [0.15, 0.2) is 0 Å². The lowest BCUT2D eigenvalue weighted by Gasteiger charge is -2.18. The maximum absolute atomic E-state index is 12.6. The molecule has 0 aromatic heterocycles. The molecular weight excluding hydrogens is 632 g/mol. The molecule has 9 nitrogen and oxygen atoms in total. The van der Waals surface area contributed by atoms with Crippen molar-refractivity contribution in [2.24, 2.45) is 0 Å². The number of ether oxygens (including phenoxy) is 1. The number of carboxylic acid groups (broad SMARTS) is 1. The molecular formula is C41H78N2O7. The van der Waals surface area contributed by atoms with Crippen molar-refractivity contribution in [3.8, 4) is 0 Å². The molecule has 0 aromatic rings. The Morgan fingerprint density at radius 3 is 1.32 bits per heavy atom. The van der Waals surface area contributed by atoms with E-state index in [-0.39, 0.29) is 30.9 Å². The Bertz CT molecular complexity index is 823. The second-order valence-corrected chi connectivity index (χ2v) is 14.4. The van der Waals surface area contributed by atoms with E-state index in [4.69, 9.17) is 14.9 Å². The van der Waals surface area contributed by atoms with E-state index in [1.165, 1.54) is 122 Å². The molecule has 2 unspecified atom stereocenters. The number of carbonyl (C=O) groups excluding carboxylic acids is 3. The highest BCUT2D eigenvalue weighted by atomic mass is 16.5. The minimum absolute atomic E-state index is 0.0734. The fraction of sp³-hybridized carbons (Fsp3) is 0.902. The molecule has 0 heterocycles. The van der Waals surface area contributed by atoms with Crippen LogP contribution in [0.4, 0.5) is 0 Å². The summed E-state index contributed by atoms with van der Waals surface area (Å²) in [6, 6.07) is -1.39. The summed E-state index contributed by atoms with van der Waals surface area (Å²) in [7, 11) is 0. The zero-order valence-corrected chi connectivity index (χ0v) is 32.4. The summed E-state index contributed by atoms with van der Waals surface area (Å²) in [4.78, 5) is 47.3. The molecule has 4 N–H and O–H groups in total. The third-order valence-corrected chi connectivity index (χ3v) is 9.60. The number of carboxylic acids is 1. The SMILES string of the molecule is CCCCCCCCCCCCCCCCCCCCCCC(=O)OC(CCCCCC)CCCCCC(=O)NCC(=O)NC(CO)C(=O)O. The fourth-order valence-corrected chi connectivity index (χ4v) is 6.36. The highest BCUT2D eigenvalue weighted by Crippen LogP contribution is 2.18. The van der Waals surface area contributed by atoms with Crippen LogP contribution in [0.3, 0.4) is 0 Å². The number of carbonyl (C=O) groups is 4. The fourth-order valence-electron chi connectivity index (χ4n) is 6.36. The summed E-state index contributed by atoms with van der Waals surface area (Å²) in [6.07, 6.45) is 36.0. The van der Waals surface area contributed by atoms with Crippen LogP contribution in [0.15, 0.2) is 0 Å². The van der Waals surface area contributed by atoms with Crippen molar-refractivity contribution >= 4 is 23.8 Å². The van der Waals surface area contributed by atoms with Crippen molar-refractivity contribution in [1.29, 1.82) is 0 Å². The number of amides is 2. The van der Waals surface area contributed by atoms with E-state index in [1.54, 1.807) is 0 Å². The molecule has 0 bridgehead atoms. The van der Waals surface area contributed by atoms with Gasteiger partial charge < -0.3 is 25.6 Å². The van der Waals surface area contributed by atoms with Crippen LogP contribution >= 0.6 is 0 Å². The second kappa shape index (κ2) is 36.6. The van der Waals surface area contributed by atoms with Crippen LogP contribution in [0.5, 0.6) is 0 Å². The molecule has 0 rings (SSSR count). The van der Waals surface area contributed by atoms with Gasteiger partial charge in [0.1, 0.15) is 12.1 Å². The number of aliphatic hydroxyl groups is 1. The molecule has 50 heavy (non-hydrogen) atoms. The molecule has 0 aromatic carbocycles. The number of hydrogen-bond donors (Lipinski definition) is 4. The largest absolute Gasteiger partial charge is 0.480 e. The third kappa shape index (κ3) is 33.0. The summed E-state index contributed by atoms with van der Waals surface area (Å²) in [5, 5.41) is 22.5. The molecule has 2 amide bonds. The summed E-state index contributed by atoms with van der Waals surface area (Å²) < 4.78 is 5.90. The number of hydrogen-bond acceptors (Lipinski definition) is 6. The van der Waals surface area contributed by atoms with Crippen molar-refractivity contribution < 1.29 is 34.1 Å². The van der Waals surface area contributed by atoms with Crippen LogP contribution < -0.4 is 10.6 Å². The lowest BCUT2D eigenvalue weighted by Crippen LogP contribution is -2.47. The summed E-state index contributed by atoms with van der Waals surface area (Å²) in [6.45, 7) is 3.41. The molecule has 0 saturated heterocycles. The smallest absolute Gasteiger partial charge is 0.328 e. The second-order valence-electron chi connectivity index (χ2n) is 14.4. The zero-order chi connectivity index (χ0) is 36.9. The van der Waals surface area contributed by atoms with Crippen molar-refractivity contribution in [1.82, 2.24) is 10.6 Å². The van der Waals surface area contributed by atoms with Gasteiger partial charge in [0.2, 0.25) is 11.8 Å². The summed E-state index contributed by atoms with van der Waals surface area (Å²) in [5.74, 6) is -2.37. The topological polar surface area (TPSA) is 142 Å². The van der Waals surface area contributed by atoms with Crippen LogP contribution in [0.25, 0.3) is 0 Å². The third-order valence-electron chi connectivity index (χ3n) is 9.60. The first-order valence-electron chi connectivity index (χ1n) is 20.9. The van der Waals surface area contributed by atoms with Crippen LogP contribution in [0.2, 0.25) is 0 Å². The summed E-state index contributed by atoms with van der Waals surface area (Å²) in [5.41, 5.74) is 0. The predicted octanol–water partition coefficient (Wildman–Crippen LogP) is 9.71. The van der Waals surface area contributed by atoms with Crippen molar-refractivity contribution in [3.63, 3.8) is 0 Å². The zero-order valence-electron chi connectivity index (χ0n) is 32.4. The monoisotopic (exact) mass is 711 g/mol. The van der Waals surface area contributed by atoms with Crippen molar-refractivity contribution in [2.45, 2.75) is 225 Å². The average molecular weight is 711 g/mol. The highest BCUT2D eigenvalue weighted by Gasteiger charge is 2.19. The molecule has 0 aliphatic carbocycles. The van der Waals surface area contributed by atoms with Crippen LogP contribution in [-0.4, -0.2) is 59.3 Å². The van der Waals surface area contributed by atoms with Gasteiger partial charge in [-0.25, -0.2) is 4.79 Å². The van der Waals surface area contributed by atoms with E-state index in [1.807, 2.05) is 0 Å². The Kier molecular flexibility index (Phi) is 35.0. The number of aliphatic carboxylic acids is 1. The van der Waals surface area contributed by atoms with Gasteiger partial charge in [-0.05, 0) is 38.5 Å². The maximum atomic E-state index is 12.6. The molecule has 294 valence electrons. The molecule has 2 atom stereocenters. The van der Waals surface area contributed by atoms with Gasteiger partial charge in [-0.15, -0.1) is 0 Å². The van der Waals surface area contributed by atoms with Gasteiger partial charge >= 0.3 is 11.9 Å². The molecule has 9 heteroatoms. The number of rotatable bonds is 38. The Hall–Kier alpha value is -2.16. The number of unbranched alkanes of at least 4 members (excludes halogenated alkanes) is 24. The minimum Gasteiger partial charge on any atom is -0.480 e. The van der Waals surface area contributed by atoms with Gasteiger partial charge in [0, 0.05) is 12.8 Å². The van der Waals surface area contributed by atoms with Crippen LogP contribution in [-0.2, 0) is 23.9 Å². The van der Waals surface area contributed by atoms with Gasteiger partial charge in [-0.2, -0.15) is 0 Å². The van der Waals surface area contributed by atoms with Crippen molar-refractivity contribution in [3.05, 3.63) is 0 Å². The normalized spacial score (nSPS) is 12.4. The Morgan fingerprint density at radius 1 is 0.520 bits per heavy atom. The Morgan fingerprint density at radius 2 is 0.900 bits per heavy atom. The van der Waals surface area contributed by atoms with E-state index in [0.717, 1.165) is 57.8 Å². The maximum Gasteiger partial charge on any atom is 0.328 e.